The molecule has 0 saturated heterocycles. The lowest BCUT2D eigenvalue weighted by Crippen LogP contribution is -2.37. The van der Waals surface area contributed by atoms with Gasteiger partial charge in [-0.05, 0) is 31.2 Å². The molecule has 3 N–H and O–H groups in total. The molecule has 24 heavy (non-hydrogen) atoms. The first kappa shape index (κ1) is 17.1. The maximum absolute atomic E-state index is 11.6. The number of para-hydroxylation sites is 1. The predicted molar refractivity (Wildman–Crippen MR) is 85.6 cm³/mol. The minimum Gasteiger partial charge on any atom is -0.504 e. The summed E-state index contributed by atoms with van der Waals surface area (Å²) >= 11 is 0. The van der Waals surface area contributed by atoms with Crippen LogP contribution >= 0.6 is 0 Å². The molecule has 1 aromatic heterocycles. The van der Waals surface area contributed by atoms with Crippen LogP contribution < -0.4 is 15.5 Å². The summed E-state index contributed by atoms with van der Waals surface area (Å²) in [6.07, 6.45) is 2.68. The van der Waals surface area contributed by atoms with Crippen molar-refractivity contribution in [2.75, 3.05) is 6.61 Å². The number of aromatic hydroxyl groups is 1. The number of nitrogens with one attached hydrogen (secondary N) is 2. The Labute approximate surface area is 138 Å². The van der Waals surface area contributed by atoms with Crippen LogP contribution in [0.1, 0.15) is 18.2 Å². The molecule has 8 nitrogen and oxygen atoms in total. The Balaban J connectivity index is 1.87. The van der Waals surface area contributed by atoms with Crippen molar-refractivity contribution < 1.29 is 23.8 Å². The van der Waals surface area contributed by atoms with Gasteiger partial charge < -0.3 is 19.6 Å². The van der Waals surface area contributed by atoms with Crippen molar-refractivity contribution in [2.24, 2.45) is 5.10 Å². The van der Waals surface area contributed by atoms with Crippen LogP contribution in [0.2, 0.25) is 0 Å². The largest absolute Gasteiger partial charge is 0.504 e. The van der Waals surface area contributed by atoms with E-state index in [-0.39, 0.29) is 12.3 Å². The van der Waals surface area contributed by atoms with Crippen LogP contribution in [0.4, 0.5) is 0 Å². The zero-order valence-corrected chi connectivity index (χ0v) is 13.0. The summed E-state index contributed by atoms with van der Waals surface area (Å²) in [5.74, 6) is -1.05. The molecule has 8 heteroatoms. The van der Waals surface area contributed by atoms with E-state index >= 15 is 0 Å². The quantitative estimate of drug-likeness (QED) is 0.417. The summed E-state index contributed by atoms with van der Waals surface area (Å²) in [6, 6.07) is 8.21. The lowest BCUT2D eigenvalue weighted by molar-refractivity contribution is -0.139. The Hall–Kier alpha value is -3.29. The molecule has 0 fully saturated rings. The SMILES string of the molecule is CCOc1cccc(/C=N/NC(=O)C(=O)NCc2ccco2)c1O. The number of ether oxygens (including phenoxy) is 1. The molecule has 0 radical (unpaired) electrons. The van der Waals surface area contributed by atoms with Gasteiger partial charge in [-0.25, -0.2) is 5.43 Å². The van der Waals surface area contributed by atoms with Crippen molar-refractivity contribution >= 4 is 18.0 Å². The van der Waals surface area contributed by atoms with Gasteiger partial charge in [-0.2, -0.15) is 5.10 Å². The van der Waals surface area contributed by atoms with Gasteiger partial charge in [0.1, 0.15) is 5.76 Å². The molecule has 2 rings (SSSR count). The molecule has 0 bridgehead atoms. The number of carbonyl (C=O) groups is 2. The molecule has 0 unspecified atom stereocenters. The summed E-state index contributed by atoms with van der Waals surface area (Å²) in [7, 11) is 0. The van der Waals surface area contributed by atoms with Crippen LogP contribution in [0.3, 0.4) is 0 Å². The molecule has 0 aliphatic carbocycles. The predicted octanol–water partition coefficient (Wildman–Crippen LogP) is 1.15. The van der Waals surface area contributed by atoms with Crippen molar-refractivity contribution in [3.63, 3.8) is 0 Å². The molecule has 0 atom stereocenters. The maximum Gasteiger partial charge on any atom is 0.329 e. The van der Waals surface area contributed by atoms with Crippen molar-refractivity contribution in [3.05, 3.63) is 47.9 Å². The lowest BCUT2D eigenvalue weighted by Gasteiger charge is -2.07. The summed E-state index contributed by atoms with van der Waals surface area (Å²) < 4.78 is 10.3. The van der Waals surface area contributed by atoms with Gasteiger partial charge in [0.05, 0.1) is 25.6 Å². The van der Waals surface area contributed by atoms with Gasteiger partial charge >= 0.3 is 11.8 Å². The number of phenols is 1. The number of carbonyl (C=O) groups excluding carboxylic acids is 2. The number of hydrogen-bond acceptors (Lipinski definition) is 6. The molecule has 0 spiro atoms. The fourth-order valence-electron chi connectivity index (χ4n) is 1.79. The molecule has 2 amide bonds. The third kappa shape index (κ3) is 4.60. The molecule has 2 aromatic rings. The topological polar surface area (TPSA) is 113 Å². The van der Waals surface area contributed by atoms with Gasteiger partial charge in [0, 0.05) is 5.56 Å². The lowest BCUT2D eigenvalue weighted by atomic mass is 10.2. The summed E-state index contributed by atoms with van der Waals surface area (Å²) in [4.78, 5) is 23.2. The first-order chi connectivity index (χ1) is 11.6. The molecular weight excluding hydrogens is 314 g/mol. The Bertz CT molecular complexity index is 725. The maximum atomic E-state index is 11.6. The Kier molecular flexibility index (Phi) is 5.95. The first-order valence-electron chi connectivity index (χ1n) is 7.20. The standard InChI is InChI=1S/C16H17N3O5/c1-2-23-13-7-3-5-11(14(13)20)9-18-19-16(22)15(21)17-10-12-6-4-8-24-12/h3-9,20H,2,10H2,1H3,(H,17,21)(H,19,22)/b18-9+. The van der Waals surface area contributed by atoms with Crippen LogP contribution in [0.5, 0.6) is 11.5 Å². The smallest absolute Gasteiger partial charge is 0.329 e. The molecule has 0 aliphatic rings. The summed E-state index contributed by atoms with van der Waals surface area (Å²) in [6.45, 7) is 2.29. The summed E-state index contributed by atoms with van der Waals surface area (Å²) in [5.41, 5.74) is 2.42. The van der Waals surface area contributed by atoms with E-state index in [1.165, 1.54) is 12.5 Å². The molecule has 126 valence electrons. The molecular formula is C16H17N3O5. The normalized spacial score (nSPS) is 10.5. The van der Waals surface area contributed by atoms with Crippen LogP contribution in [0.25, 0.3) is 0 Å². The minimum atomic E-state index is -0.932. The van der Waals surface area contributed by atoms with E-state index < -0.39 is 11.8 Å². The second-order valence-electron chi connectivity index (χ2n) is 4.59. The number of hydrogen-bond donors (Lipinski definition) is 3. The van der Waals surface area contributed by atoms with E-state index in [9.17, 15) is 14.7 Å². The zero-order valence-electron chi connectivity index (χ0n) is 13.0. The second-order valence-corrected chi connectivity index (χ2v) is 4.59. The van der Waals surface area contributed by atoms with Crippen molar-refractivity contribution in [1.82, 2.24) is 10.7 Å². The molecule has 0 aliphatic heterocycles. The molecule has 0 saturated carbocycles. The van der Waals surface area contributed by atoms with Crippen molar-refractivity contribution in [2.45, 2.75) is 13.5 Å². The zero-order chi connectivity index (χ0) is 17.4. The van der Waals surface area contributed by atoms with E-state index in [4.69, 9.17) is 9.15 Å². The Morgan fingerprint density at radius 1 is 1.29 bits per heavy atom. The van der Waals surface area contributed by atoms with Crippen molar-refractivity contribution in [3.8, 4) is 11.5 Å². The summed E-state index contributed by atoms with van der Waals surface area (Å²) in [5, 5.41) is 16.0. The van der Waals surface area contributed by atoms with Gasteiger partial charge in [-0.3, -0.25) is 9.59 Å². The fraction of sp³-hybridized carbons (Fsp3) is 0.188. The number of hydrazone groups is 1. The average molecular weight is 331 g/mol. The van der Waals surface area contributed by atoms with Crippen LogP contribution in [0.15, 0.2) is 46.1 Å². The highest BCUT2D eigenvalue weighted by atomic mass is 16.5. The Morgan fingerprint density at radius 3 is 2.83 bits per heavy atom. The van der Waals surface area contributed by atoms with Gasteiger partial charge in [0.15, 0.2) is 11.5 Å². The van der Waals surface area contributed by atoms with Gasteiger partial charge in [0.2, 0.25) is 0 Å². The average Bonchev–Trinajstić information content (AvgIpc) is 3.09. The van der Waals surface area contributed by atoms with Crippen LogP contribution in [0, 0.1) is 0 Å². The van der Waals surface area contributed by atoms with Gasteiger partial charge in [0.25, 0.3) is 0 Å². The minimum absolute atomic E-state index is 0.0974. The van der Waals surface area contributed by atoms with Gasteiger partial charge in [-0.15, -0.1) is 0 Å². The van der Waals surface area contributed by atoms with E-state index in [1.54, 1.807) is 37.3 Å². The second kappa shape index (κ2) is 8.37. The van der Waals surface area contributed by atoms with E-state index in [1.807, 2.05) is 0 Å². The number of nitrogens with zero attached hydrogens (tertiary/aromatic N) is 1. The van der Waals surface area contributed by atoms with E-state index in [0.717, 1.165) is 0 Å². The number of furan rings is 1. The monoisotopic (exact) mass is 331 g/mol. The van der Waals surface area contributed by atoms with Crippen LogP contribution in [-0.4, -0.2) is 29.7 Å². The van der Waals surface area contributed by atoms with Crippen molar-refractivity contribution in [1.29, 1.82) is 0 Å². The number of benzene rings is 1. The van der Waals surface area contributed by atoms with Gasteiger partial charge in [-0.1, -0.05) is 6.07 Å². The fourth-order valence-corrected chi connectivity index (χ4v) is 1.79. The van der Waals surface area contributed by atoms with E-state index in [0.29, 0.717) is 23.7 Å². The highest BCUT2D eigenvalue weighted by Gasteiger charge is 2.12. The molecule has 1 heterocycles. The number of phenolic OH excluding ortho intramolecular Hbond substituents is 1. The third-order valence-corrected chi connectivity index (χ3v) is 2.91. The molecule has 1 aromatic carbocycles. The van der Waals surface area contributed by atoms with Crippen LogP contribution in [-0.2, 0) is 16.1 Å². The highest BCUT2D eigenvalue weighted by Crippen LogP contribution is 2.28. The highest BCUT2D eigenvalue weighted by molar-refractivity contribution is 6.35. The number of amides is 2. The van der Waals surface area contributed by atoms with E-state index in [2.05, 4.69) is 15.8 Å². The first-order valence-corrected chi connectivity index (χ1v) is 7.20. The number of rotatable bonds is 6. The Morgan fingerprint density at radius 2 is 2.12 bits per heavy atom. The third-order valence-electron chi connectivity index (χ3n) is 2.91.